The first kappa shape index (κ1) is 113. The topological polar surface area (TPSA) is 539 Å². The van der Waals surface area contributed by atoms with Gasteiger partial charge in [-0.25, -0.2) is 8.42 Å². The number of hydrogen-bond acceptors (Lipinski definition) is 25. The Hall–Kier alpha value is 4.62. The SMILES string of the molecule is C.C=O.C=O.CC1CCCCO1.O.O.O=S(=O)(OO)P(CO)(CO)(CO)CO.O=S(=O)([O-])O.OCP(CO)CO.OCP(Cl)(CO)(CO)CO.SC1CCCCO1.[Cl-].[Na+].[Na+].[Na+].[Na+].[OH-].[OH-]. The predicted octanol–water partition coefficient (Wildman–Crippen LogP) is -17.8. The summed E-state index contributed by atoms with van der Waals surface area (Å²) in [4.78, 5) is 16.0. The molecule has 384 valence electrons. The summed E-state index contributed by atoms with van der Waals surface area (Å²) in [6, 6.07) is 0. The van der Waals surface area contributed by atoms with Gasteiger partial charge in [-0.05, 0) is 53.4 Å². The Balaban J connectivity index is -0.0000000301. The number of aliphatic hydroxyl groups is 11. The van der Waals surface area contributed by atoms with Crippen molar-refractivity contribution in [1.82, 2.24) is 0 Å². The van der Waals surface area contributed by atoms with Crippen LogP contribution in [-0.4, -0.2) is 217 Å². The molecular weight excluding hydrogens is 1080 g/mol. The molecule has 2 heterocycles. The largest absolute Gasteiger partial charge is 1.00 e. The molecule has 0 aromatic rings. The van der Waals surface area contributed by atoms with Crippen LogP contribution in [0.1, 0.15) is 52.9 Å². The van der Waals surface area contributed by atoms with Crippen LogP contribution >= 0.6 is 43.6 Å². The molecule has 0 radical (unpaired) electrons. The molecular formula is C25H71Cl2Na4O27P3S3. The summed E-state index contributed by atoms with van der Waals surface area (Å²) in [7, 11) is -10.6. The minimum atomic E-state index is -4.92. The standard InChI is InChI=1S/C6H12O.C5H10OS.C4H12ClO4P.C4H13O8PS.C3H9O3P.2CH2O.CH4.ClH.4Na.H2O4S.4H2O/c1-6-4-2-3-5-7-6;7-5-3-1-2-4-6-5;5-10(1-6,2-7,3-8)4-9;5-1-13(2-6,3-7,4-8)14(10,11)12-9;4-1-7(2-5)3-6;2*1-2;;;;;;;1-5(2,3)4;;;;/h6H,2-5H2,1H3;5,7H,1-4H2;6-9H,1-4H2;5-9H,1-4H2;4-6H,1-3H2;2*1H2;1H4;1H;;;;;(H2,1,2,3,4);4*1H2/q;;;;;;;;;4*+1;;;;;/p-4. The Morgan fingerprint density at radius 2 is 0.938 bits per heavy atom. The number of rotatable bonds is 13. The third kappa shape index (κ3) is 52.9. The molecule has 0 aromatic carbocycles. The van der Waals surface area contributed by atoms with E-state index < -0.39 is 90.6 Å². The first-order chi connectivity index (χ1) is 25.1. The van der Waals surface area contributed by atoms with Gasteiger partial charge in [-0.2, -0.15) is 0 Å². The van der Waals surface area contributed by atoms with Gasteiger partial charge in [0.1, 0.15) is 13.6 Å². The summed E-state index contributed by atoms with van der Waals surface area (Å²) in [5.74, 6) is -8.18. The minimum Gasteiger partial charge on any atom is -1.00 e. The fraction of sp³-hybridized carbons (Fsp3) is 0.920. The Bertz CT molecular complexity index is 1020. The van der Waals surface area contributed by atoms with Gasteiger partial charge in [0, 0.05) is 13.2 Å². The fourth-order valence-corrected chi connectivity index (χ4v) is 7.32. The number of thiol groups is 1. The smallest absolute Gasteiger partial charge is 1.00 e. The molecule has 2 fully saturated rings. The van der Waals surface area contributed by atoms with Crippen LogP contribution < -0.4 is 131 Å². The normalized spacial score (nSPS) is 15.5. The number of aliphatic hydroxyl groups excluding tert-OH is 11. The quantitative estimate of drug-likeness (QED) is 0.0155. The summed E-state index contributed by atoms with van der Waals surface area (Å²) in [5.41, 5.74) is 0.230. The second-order valence-electron chi connectivity index (χ2n) is 10.8. The van der Waals surface area contributed by atoms with Gasteiger partial charge in [0.15, 0.2) is 0 Å². The average Bonchev–Trinajstić information content (AvgIpc) is 3.19. The molecule has 2 unspecified atom stereocenters. The van der Waals surface area contributed by atoms with Crippen molar-refractivity contribution in [2.45, 2.75) is 64.4 Å². The molecule has 2 rings (SSSR count). The zero-order chi connectivity index (χ0) is 44.2. The molecule has 19 N–H and O–H groups in total. The Morgan fingerprint density at radius 1 is 0.672 bits per heavy atom. The van der Waals surface area contributed by atoms with Gasteiger partial charge in [0.05, 0.1) is 30.6 Å². The van der Waals surface area contributed by atoms with E-state index >= 15 is 0 Å². The molecule has 0 aliphatic carbocycles. The summed E-state index contributed by atoms with van der Waals surface area (Å²) in [6.07, 6.45) is 0.910. The number of ether oxygens (including phenoxy) is 2. The number of carbonyl (C=O) groups excluding carboxylic acids is 2. The molecule has 0 aromatic heterocycles. The molecule has 39 heteroatoms. The van der Waals surface area contributed by atoms with Gasteiger partial charge in [-0.15, -0.1) is 12.6 Å². The maximum Gasteiger partial charge on any atom is 1.00 e. The Labute approximate surface area is 482 Å². The van der Waals surface area contributed by atoms with Crippen LogP contribution in [-0.2, 0) is 43.5 Å². The number of halogens is 2. The van der Waals surface area contributed by atoms with Gasteiger partial charge < -0.3 is 73.2 Å². The molecule has 0 spiro atoms. The average molecular weight is 1160 g/mol. The summed E-state index contributed by atoms with van der Waals surface area (Å²) < 4.78 is 68.8. The van der Waals surface area contributed by atoms with Gasteiger partial charge in [-0.3, -0.25) is 4.55 Å². The maximum absolute atomic E-state index is 11.2. The van der Waals surface area contributed by atoms with Gasteiger partial charge in [0.25, 0.3) is 0 Å². The van der Waals surface area contributed by atoms with Crippen molar-refractivity contribution in [3.63, 3.8) is 0 Å². The Kier molecular flexibility index (Phi) is 116. The van der Waals surface area contributed by atoms with Crippen molar-refractivity contribution in [1.29, 1.82) is 0 Å². The zero-order valence-corrected chi connectivity index (χ0v) is 50.9. The van der Waals surface area contributed by atoms with E-state index in [1.165, 1.54) is 32.1 Å². The van der Waals surface area contributed by atoms with E-state index in [0.717, 1.165) is 19.6 Å². The van der Waals surface area contributed by atoms with Crippen molar-refractivity contribution >= 4 is 77.3 Å². The van der Waals surface area contributed by atoms with Crippen molar-refractivity contribution in [2.24, 2.45) is 0 Å². The first-order valence-electron chi connectivity index (χ1n) is 15.0. The predicted molar refractivity (Wildman–Crippen MR) is 223 cm³/mol. The second-order valence-corrected chi connectivity index (χ2v) is 32.4. The Morgan fingerprint density at radius 3 is 1.00 bits per heavy atom. The second kappa shape index (κ2) is 65.6. The summed E-state index contributed by atoms with van der Waals surface area (Å²) in [6.45, 7) is 8.04. The molecule has 0 saturated carbocycles. The monoisotopic (exact) mass is 1150 g/mol. The van der Waals surface area contributed by atoms with Crippen LogP contribution in [0.25, 0.3) is 0 Å². The molecule has 64 heavy (non-hydrogen) atoms. The van der Waals surface area contributed by atoms with Crippen molar-refractivity contribution in [3.8, 4) is 0 Å². The number of carbonyl (C=O) groups is 2. The van der Waals surface area contributed by atoms with E-state index in [9.17, 15) is 8.42 Å². The fourth-order valence-electron chi connectivity index (χ4n) is 2.67. The molecule has 2 aliphatic heterocycles. The number of hydrogen-bond donors (Lipinski definition) is 14. The first-order valence-corrected chi connectivity index (χ1v) is 27.6. The van der Waals surface area contributed by atoms with Crippen LogP contribution in [0.3, 0.4) is 0 Å². The third-order valence-electron chi connectivity index (χ3n) is 6.73. The van der Waals surface area contributed by atoms with E-state index in [-0.39, 0.29) is 184 Å². The van der Waals surface area contributed by atoms with E-state index in [1.807, 2.05) is 13.6 Å². The minimum absolute atomic E-state index is 0. The van der Waals surface area contributed by atoms with Crippen LogP contribution in [0.4, 0.5) is 0 Å². The van der Waals surface area contributed by atoms with Crippen LogP contribution in [0, 0.1) is 0 Å². The zero-order valence-electron chi connectivity index (χ0n) is 36.2. The third-order valence-corrected chi connectivity index (χ3v) is 22.1. The van der Waals surface area contributed by atoms with Crippen molar-refractivity contribution in [2.75, 3.05) is 83.0 Å². The molecule has 2 saturated heterocycles. The molecule has 0 bridgehead atoms. The van der Waals surface area contributed by atoms with Crippen LogP contribution in [0.5, 0.6) is 0 Å². The maximum atomic E-state index is 11.2. The van der Waals surface area contributed by atoms with Gasteiger partial charge >= 0.3 is 261 Å². The van der Waals surface area contributed by atoms with E-state index in [1.54, 1.807) is 0 Å². The van der Waals surface area contributed by atoms with Gasteiger partial charge in [-0.1, -0.05) is 7.43 Å². The molecule has 0 amide bonds. The molecule has 2 aliphatic rings. The molecule has 2 atom stereocenters. The summed E-state index contributed by atoms with van der Waals surface area (Å²) in [5, 5.41) is 103. The van der Waals surface area contributed by atoms with Gasteiger partial charge in [0.2, 0.25) is 10.4 Å². The van der Waals surface area contributed by atoms with E-state index in [2.05, 4.69) is 23.9 Å². The van der Waals surface area contributed by atoms with Crippen molar-refractivity contribution in [3.05, 3.63) is 0 Å². The van der Waals surface area contributed by atoms with Crippen LogP contribution in [0.2, 0.25) is 0 Å². The van der Waals surface area contributed by atoms with E-state index in [4.69, 9.17) is 109 Å². The summed E-state index contributed by atoms with van der Waals surface area (Å²) >= 11 is 9.81. The van der Waals surface area contributed by atoms with Crippen LogP contribution in [0.15, 0.2) is 0 Å². The van der Waals surface area contributed by atoms with E-state index in [0.29, 0.717) is 6.10 Å². The van der Waals surface area contributed by atoms with Crippen molar-refractivity contribution < 1.29 is 263 Å². The molecule has 27 nitrogen and oxygen atoms in total.